The molecule has 0 unspecified atom stereocenters. The highest BCUT2D eigenvalue weighted by Gasteiger charge is 2.26. The smallest absolute Gasteiger partial charge is 0.271 e. The lowest BCUT2D eigenvalue weighted by molar-refractivity contribution is -0.384. The van der Waals surface area contributed by atoms with Gasteiger partial charge in [0.1, 0.15) is 0 Å². The van der Waals surface area contributed by atoms with Gasteiger partial charge >= 0.3 is 0 Å². The number of aromatic hydroxyl groups is 1. The van der Waals surface area contributed by atoms with Crippen LogP contribution in [0, 0.1) is 10.1 Å². The van der Waals surface area contributed by atoms with Gasteiger partial charge in [-0.05, 0) is 63.3 Å². The van der Waals surface area contributed by atoms with Crippen molar-refractivity contribution in [3.63, 3.8) is 0 Å². The first-order valence-electron chi connectivity index (χ1n) is 12.9. The van der Waals surface area contributed by atoms with Crippen molar-refractivity contribution >= 4 is 39.6 Å². The zero-order chi connectivity index (χ0) is 27.7. The van der Waals surface area contributed by atoms with Crippen molar-refractivity contribution in [3.05, 3.63) is 94.0 Å². The van der Waals surface area contributed by atoms with Gasteiger partial charge in [-0.2, -0.15) is 0 Å². The summed E-state index contributed by atoms with van der Waals surface area (Å²) >= 11 is 0. The maximum atomic E-state index is 12.5. The van der Waals surface area contributed by atoms with Crippen LogP contribution in [0.15, 0.2) is 77.8 Å². The van der Waals surface area contributed by atoms with Crippen LogP contribution in [-0.4, -0.2) is 64.3 Å². The normalized spacial score (nSPS) is 15.0. The quantitative estimate of drug-likeness (QED) is 0.199. The number of benzene rings is 3. The fraction of sp³-hybridized carbons (Fsp3) is 0.267. The summed E-state index contributed by atoms with van der Waals surface area (Å²) in [5.41, 5.74) is 3.41. The predicted octanol–water partition coefficient (Wildman–Crippen LogP) is 5.61. The van der Waals surface area contributed by atoms with Crippen molar-refractivity contribution in [2.24, 2.45) is 4.99 Å². The molecule has 3 aromatic carbocycles. The van der Waals surface area contributed by atoms with Crippen LogP contribution in [0.3, 0.4) is 0 Å². The third kappa shape index (κ3) is 5.13. The Morgan fingerprint density at radius 3 is 2.33 bits per heavy atom. The van der Waals surface area contributed by atoms with Gasteiger partial charge in [0.05, 0.1) is 27.4 Å². The molecule has 5 rings (SSSR count). The lowest BCUT2D eigenvalue weighted by Crippen LogP contribution is -2.41. The molecule has 0 aliphatic carbocycles. The van der Waals surface area contributed by atoms with Gasteiger partial charge in [0, 0.05) is 48.8 Å². The Morgan fingerprint density at radius 1 is 1.05 bits per heavy atom. The molecule has 9 heteroatoms. The van der Waals surface area contributed by atoms with Crippen LogP contribution in [0.5, 0.6) is 5.88 Å². The number of rotatable bonds is 6. The Morgan fingerprint density at radius 2 is 1.72 bits per heavy atom. The van der Waals surface area contributed by atoms with E-state index in [4.69, 9.17) is 4.99 Å². The Hall–Kier alpha value is -4.50. The monoisotopic (exact) mass is 525 g/mol. The van der Waals surface area contributed by atoms with E-state index in [1.165, 1.54) is 19.1 Å². The molecule has 1 N–H and O–H groups in total. The number of likely N-dealkylation sites (tertiary alicyclic amines) is 1. The number of hydrogen-bond acceptors (Lipinski definition) is 7. The molecule has 1 aliphatic heterocycles. The first-order valence-corrected chi connectivity index (χ1v) is 12.9. The number of anilines is 1. The van der Waals surface area contributed by atoms with E-state index in [-0.39, 0.29) is 17.1 Å². The van der Waals surface area contributed by atoms with Gasteiger partial charge in [-0.3, -0.25) is 14.9 Å². The van der Waals surface area contributed by atoms with Gasteiger partial charge in [0.25, 0.3) is 5.69 Å². The van der Waals surface area contributed by atoms with Gasteiger partial charge in [-0.25, -0.2) is 9.56 Å². The summed E-state index contributed by atoms with van der Waals surface area (Å²) in [6.07, 6.45) is 2.23. The largest absolute Gasteiger partial charge is 0.494 e. The van der Waals surface area contributed by atoms with E-state index in [1.807, 2.05) is 54.6 Å². The van der Waals surface area contributed by atoms with Crippen LogP contribution in [0.25, 0.3) is 10.9 Å². The number of aromatic nitrogens is 1. The first-order chi connectivity index (χ1) is 18.7. The summed E-state index contributed by atoms with van der Waals surface area (Å²) in [4.78, 5) is 33.0. The standard InChI is InChI=1S/C30H31N5O4/c1-20(36)34-27-19-25(35(38)39)13-14-26(27)28(30(34)37)29(21-7-5-4-6-8-21)31-22-9-11-23(12-10-22)33(3)24-15-17-32(2)18-16-24/h4-14,19,24,37H,15-18H2,1-3H3. The first kappa shape index (κ1) is 26.1. The highest BCUT2D eigenvalue weighted by atomic mass is 16.6. The van der Waals surface area contributed by atoms with Crippen LogP contribution in [-0.2, 0) is 0 Å². The molecular formula is C30H31N5O4. The lowest BCUT2D eigenvalue weighted by Gasteiger charge is -2.36. The molecule has 0 atom stereocenters. The van der Waals surface area contributed by atoms with Crippen LogP contribution < -0.4 is 4.90 Å². The molecular weight excluding hydrogens is 494 g/mol. The SMILES string of the molecule is CC(=O)n1c(O)c(C(=Nc2ccc(N(C)C3CCN(C)CC3)cc2)c2ccccc2)c2ccc([N+](=O)[O-])cc21. The van der Waals surface area contributed by atoms with Crippen molar-refractivity contribution in [2.75, 3.05) is 32.1 Å². The fourth-order valence-electron chi connectivity index (χ4n) is 5.27. The molecule has 1 aliphatic rings. The predicted molar refractivity (Wildman–Crippen MR) is 154 cm³/mol. The van der Waals surface area contributed by atoms with E-state index in [9.17, 15) is 20.0 Å². The van der Waals surface area contributed by atoms with Crippen molar-refractivity contribution in [2.45, 2.75) is 25.8 Å². The number of hydrogen-bond donors (Lipinski definition) is 1. The summed E-state index contributed by atoms with van der Waals surface area (Å²) in [6.45, 7) is 3.47. The van der Waals surface area contributed by atoms with Crippen LogP contribution >= 0.6 is 0 Å². The zero-order valence-electron chi connectivity index (χ0n) is 22.2. The van der Waals surface area contributed by atoms with Crippen LogP contribution in [0.4, 0.5) is 17.1 Å². The molecule has 39 heavy (non-hydrogen) atoms. The van der Waals surface area contributed by atoms with Gasteiger partial charge in [0.2, 0.25) is 11.8 Å². The van der Waals surface area contributed by atoms with E-state index < -0.39 is 10.8 Å². The molecule has 0 spiro atoms. The number of nitro benzene ring substituents is 1. The average molecular weight is 526 g/mol. The Balaban J connectivity index is 1.61. The maximum Gasteiger partial charge on any atom is 0.271 e. The summed E-state index contributed by atoms with van der Waals surface area (Å²) in [5.74, 6) is -0.767. The minimum absolute atomic E-state index is 0.170. The fourth-order valence-corrected chi connectivity index (χ4v) is 5.27. The molecule has 1 fully saturated rings. The molecule has 9 nitrogen and oxygen atoms in total. The van der Waals surface area contributed by atoms with Gasteiger partial charge in [-0.15, -0.1) is 0 Å². The minimum atomic E-state index is -0.524. The van der Waals surface area contributed by atoms with Crippen molar-refractivity contribution < 1.29 is 14.8 Å². The zero-order valence-corrected chi connectivity index (χ0v) is 22.2. The second-order valence-corrected chi connectivity index (χ2v) is 10.00. The Bertz CT molecular complexity index is 1550. The second kappa shape index (κ2) is 10.7. The van der Waals surface area contributed by atoms with E-state index in [0.29, 0.717) is 28.4 Å². The minimum Gasteiger partial charge on any atom is -0.494 e. The van der Waals surface area contributed by atoms with E-state index >= 15 is 0 Å². The second-order valence-electron chi connectivity index (χ2n) is 10.00. The molecule has 1 saturated heterocycles. The van der Waals surface area contributed by atoms with Gasteiger partial charge in [-0.1, -0.05) is 30.3 Å². The number of non-ortho nitro benzene ring substituents is 1. The third-order valence-corrected chi connectivity index (χ3v) is 7.47. The molecule has 200 valence electrons. The van der Waals surface area contributed by atoms with Gasteiger partial charge in [0.15, 0.2) is 0 Å². The average Bonchev–Trinajstić information content (AvgIpc) is 3.23. The van der Waals surface area contributed by atoms with E-state index in [0.717, 1.165) is 41.7 Å². The molecule has 0 bridgehead atoms. The summed E-state index contributed by atoms with van der Waals surface area (Å²) in [7, 11) is 4.28. The van der Waals surface area contributed by atoms with E-state index in [1.54, 1.807) is 6.07 Å². The number of nitrogens with zero attached hydrogens (tertiary/aromatic N) is 5. The van der Waals surface area contributed by atoms with E-state index in [2.05, 4.69) is 23.9 Å². The Kier molecular flexibility index (Phi) is 7.17. The van der Waals surface area contributed by atoms with Crippen LogP contribution in [0.2, 0.25) is 0 Å². The van der Waals surface area contributed by atoms with Crippen molar-refractivity contribution in [3.8, 4) is 5.88 Å². The summed E-state index contributed by atoms with van der Waals surface area (Å²) < 4.78 is 1.09. The van der Waals surface area contributed by atoms with Crippen molar-refractivity contribution in [1.29, 1.82) is 0 Å². The number of aliphatic imine (C=N–C) groups is 1. The molecule has 0 radical (unpaired) electrons. The maximum absolute atomic E-state index is 12.5. The number of piperidine rings is 1. The highest BCUT2D eigenvalue weighted by Crippen LogP contribution is 2.36. The molecule has 4 aromatic rings. The van der Waals surface area contributed by atoms with Crippen LogP contribution in [0.1, 0.15) is 35.7 Å². The topological polar surface area (TPSA) is 104 Å². The number of fused-ring (bicyclic) bond motifs is 1. The molecule has 0 saturated carbocycles. The highest BCUT2D eigenvalue weighted by molar-refractivity contribution is 6.23. The lowest BCUT2D eigenvalue weighted by atomic mass is 10.0. The number of carbonyl (C=O) groups excluding carboxylic acids is 1. The summed E-state index contributed by atoms with van der Waals surface area (Å²) in [6, 6.07) is 22.1. The molecule has 1 aromatic heterocycles. The van der Waals surface area contributed by atoms with Crippen molar-refractivity contribution in [1.82, 2.24) is 9.47 Å². The van der Waals surface area contributed by atoms with Gasteiger partial charge < -0.3 is 14.9 Å². The molecule has 0 amide bonds. The summed E-state index contributed by atoms with van der Waals surface area (Å²) in [5, 5.41) is 23.2. The third-order valence-electron chi connectivity index (χ3n) is 7.47. The molecule has 2 heterocycles. The Labute approximate surface area is 226 Å². The number of carbonyl (C=O) groups is 1. The number of nitro groups is 1.